The van der Waals surface area contributed by atoms with Crippen LogP contribution in [0.3, 0.4) is 0 Å². The predicted molar refractivity (Wildman–Crippen MR) is 82.0 cm³/mol. The maximum absolute atomic E-state index is 13.6. The van der Waals surface area contributed by atoms with Gasteiger partial charge < -0.3 is 0 Å². The molecule has 2 aromatic rings. The molecule has 9 heteroatoms. The number of halogens is 1. The van der Waals surface area contributed by atoms with E-state index in [9.17, 15) is 24.6 Å². The number of benzene rings is 2. The molecule has 0 aliphatic heterocycles. The molecular weight excluding hydrogens is 307 g/mol. The van der Waals surface area contributed by atoms with Crippen LogP contribution in [0.15, 0.2) is 47.6 Å². The summed E-state index contributed by atoms with van der Waals surface area (Å²) >= 11 is 0. The number of nitro groups is 2. The van der Waals surface area contributed by atoms with Gasteiger partial charge in [-0.25, -0.2) is 4.39 Å². The lowest BCUT2D eigenvalue weighted by molar-refractivity contribution is -0.393. The molecule has 0 unspecified atom stereocenters. The Morgan fingerprint density at radius 3 is 2.43 bits per heavy atom. The van der Waals surface area contributed by atoms with E-state index in [1.807, 2.05) is 0 Å². The fraction of sp³-hybridized carbons (Fsp3) is 0.0714. The smallest absolute Gasteiger partial charge is 0.271 e. The van der Waals surface area contributed by atoms with Gasteiger partial charge in [0.05, 0.1) is 21.6 Å². The van der Waals surface area contributed by atoms with Crippen molar-refractivity contribution < 1.29 is 14.2 Å². The molecule has 0 atom stereocenters. The number of nitrogens with zero attached hydrogens (tertiary/aromatic N) is 3. The van der Waals surface area contributed by atoms with E-state index >= 15 is 0 Å². The third-order valence-electron chi connectivity index (χ3n) is 3.00. The van der Waals surface area contributed by atoms with Crippen LogP contribution in [0.25, 0.3) is 0 Å². The minimum absolute atomic E-state index is 0.0312. The van der Waals surface area contributed by atoms with Gasteiger partial charge in [0.25, 0.3) is 5.69 Å². The van der Waals surface area contributed by atoms with Gasteiger partial charge in [0.15, 0.2) is 0 Å². The Morgan fingerprint density at radius 2 is 1.83 bits per heavy atom. The Hall–Kier alpha value is -3.36. The molecule has 0 heterocycles. The Labute approximate surface area is 129 Å². The summed E-state index contributed by atoms with van der Waals surface area (Å²) in [5, 5.41) is 25.6. The molecular formula is C14H11FN4O4. The molecule has 0 aromatic heterocycles. The van der Waals surface area contributed by atoms with Crippen LogP contribution in [0, 0.1) is 26.0 Å². The lowest BCUT2D eigenvalue weighted by Gasteiger charge is -2.05. The zero-order chi connectivity index (χ0) is 17.0. The largest absolute Gasteiger partial charge is 0.301 e. The minimum Gasteiger partial charge on any atom is -0.271 e. The molecule has 23 heavy (non-hydrogen) atoms. The minimum atomic E-state index is -0.761. The van der Waals surface area contributed by atoms with Gasteiger partial charge in [0, 0.05) is 11.6 Å². The van der Waals surface area contributed by atoms with Crippen molar-refractivity contribution in [3.63, 3.8) is 0 Å². The van der Waals surface area contributed by atoms with E-state index in [1.54, 1.807) is 6.07 Å². The normalized spacial score (nSPS) is 11.1. The summed E-state index contributed by atoms with van der Waals surface area (Å²) < 4.78 is 13.6. The maximum Gasteiger partial charge on any atom is 0.301 e. The zero-order valence-corrected chi connectivity index (χ0v) is 11.9. The van der Waals surface area contributed by atoms with Gasteiger partial charge in [0.1, 0.15) is 11.5 Å². The quantitative estimate of drug-likeness (QED) is 0.515. The Balaban J connectivity index is 2.33. The summed E-state index contributed by atoms with van der Waals surface area (Å²) in [6.45, 7) is 1.53. The standard InChI is InChI=1S/C14H11FN4O4/c1-9(11-4-2-3-5-12(11)15)16-17-13-7-6-10(18(20)21)8-14(13)19(22)23/h2-8,17H,1H3/b16-9-. The van der Waals surface area contributed by atoms with E-state index in [0.717, 1.165) is 12.1 Å². The molecule has 0 radical (unpaired) electrons. The molecule has 118 valence electrons. The van der Waals surface area contributed by atoms with Gasteiger partial charge in [0.2, 0.25) is 0 Å². The van der Waals surface area contributed by atoms with E-state index in [1.165, 1.54) is 31.2 Å². The first-order chi connectivity index (χ1) is 10.9. The van der Waals surface area contributed by atoms with Crippen molar-refractivity contribution >= 4 is 22.8 Å². The number of nitro benzene ring substituents is 2. The lowest BCUT2D eigenvalue weighted by Crippen LogP contribution is -2.04. The van der Waals surface area contributed by atoms with Crippen LogP contribution in [-0.2, 0) is 0 Å². The van der Waals surface area contributed by atoms with E-state index in [0.29, 0.717) is 0 Å². The van der Waals surface area contributed by atoms with Crippen LogP contribution < -0.4 is 5.43 Å². The van der Waals surface area contributed by atoms with Gasteiger partial charge in [-0.1, -0.05) is 18.2 Å². The van der Waals surface area contributed by atoms with Crippen molar-refractivity contribution in [2.75, 3.05) is 5.43 Å². The molecule has 0 bridgehead atoms. The van der Waals surface area contributed by atoms with Crippen LogP contribution in [0.1, 0.15) is 12.5 Å². The molecule has 8 nitrogen and oxygen atoms in total. The molecule has 0 amide bonds. The Kier molecular flexibility index (Phi) is 4.60. The molecule has 0 saturated heterocycles. The molecule has 0 aliphatic rings. The fourth-order valence-electron chi connectivity index (χ4n) is 1.84. The number of nitrogens with one attached hydrogen (secondary N) is 1. The van der Waals surface area contributed by atoms with E-state index in [4.69, 9.17) is 0 Å². The molecule has 1 N–H and O–H groups in total. The van der Waals surface area contributed by atoms with Crippen LogP contribution in [0.4, 0.5) is 21.5 Å². The molecule has 2 rings (SSSR count). The lowest BCUT2D eigenvalue weighted by atomic mass is 10.1. The molecule has 2 aromatic carbocycles. The van der Waals surface area contributed by atoms with Crippen molar-refractivity contribution in [3.05, 3.63) is 74.1 Å². The summed E-state index contributed by atoms with van der Waals surface area (Å²) in [7, 11) is 0. The van der Waals surface area contributed by atoms with Gasteiger partial charge in [-0.3, -0.25) is 25.7 Å². The zero-order valence-electron chi connectivity index (χ0n) is 11.9. The highest BCUT2D eigenvalue weighted by Gasteiger charge is 2.19. The fourth-order valence-corrected chi connectivity index (χ4v) is 1.84. The van der Waals surface area contributed by atoms with Gasteiger partial charge in [-0.15, -0.1) is 0 Å². The highest BCUT2D eigenvalue weighted by molar-refractivity contribution is 5.99. The number of anilines is 1. The van der Waals surface area contributed by atoms with Gasteiger partial charge in [-0.05, 0) is 19.1 Å². The third-order valence-corrected chi connectivity index (χ3v) is 3.00. The highest BCUT2D eigenvalue weighted by atomic mass is 19.1. The highest BCUT2D eigenvalue weighted by Crippen LogP contribution is 2.29. The second kappa shape index (κ2) is 6.60. The van der Waals surface area contributed by atoms with Crippen LogP contribution >= 0.6 is 0 Å². The first-order valence-corrected chi connectivity index (χ1v) is 6.38. The number of non-ortho nitro benzene ring substituents is 1. The summed E-state index contributed by atoms with van der Waals surface area (Å²) in [4.78, 5) is 20.2. The monoisotopic (exact) mass is 318 g/mol. The van der Waals surface area contributed by atoms with Crippen molar-refractivity contribution in [2.24, 2.45) is 5.10 Å². The second-order valence-electron chi connectivity index (χ2n) is 4.50. The molecule has 0 aliphatic carbocycles. The first-order valence-electron chi connectivity index (χ1n) is 6.38. The maximum atomic E-state index is 13.6. The van der Waals surface area contributed by atoms with Crippen molar-refractivity contribution in [1.82, 2.24) is 0 Å². The van der Waals surface area contributed by atoms with Gasteiger partial charge in [-0.2, -0.15) is 5.10 Å². The number of hydrogen-bond acceptors (Lipinski definition) is 6. The topological polar surface area (TPSA) is 111 Å². The molecule has 0 saturated carbocycles. The van der Waals surface area contributed by atoms with Crippen molar-refractivity contribution in [2.45, 2.75) is 6.92 Å². The van der Waals surface area contributed by atoms with E-state index in [2.05, 4.69) is 10.5 Å². The van der Waals surface area contributed by atoms with Crippen LogP contribution in [0.2, 0.25) is 0 Å². The van der Waals surface area contributed by atoms with Crippen LogP contribution in [-0.4, -0.2) is 15.6 Å². The summed E-state index contributed by atoms with van der Waals surface area (Å²) in [6, 6.07) is 9.06. The Bertz CT molecular complexity index is 807. The predicted octanol–water partition coefficient (Wildman–Crippen LogP) is 3.48. The van der Waals surface area contributed by atoms with E-state index in [-0.39, 0.29) is 17.0 Å². The number of hydrogen-bond donors (Lipinski definition) is 1. The number of hydrazone groups is 1. The second-order valence-corrected chi connectivity index (χ2v) is 4.50. The SMILES string of the molecule is C/C(=N/Nc1ccc([N+](=O)[O-])cc1[N+](=O)[O-])c1ccccc1F. The molecule has 0 spiro atoms. The van der Waals surface area contributed by atoms with E-state index < -0.39 is 27.0 Å². The summed E-state index contributed by atoms with van der Waals surface area (Å²) in [6.07, 6.45) is 0. The summed E-state index contributed by atoms with van der Waals surface area (Å²) in [5.74, 6) is -0.478. The average Bonchev–Trinajstić information content (AvgIpc) is 2.52. The summed E-state index contributed by atoms with van der Waals surface area (Å²) in [5.41, 5.74) is 2.02. The van der Waals surface area contributed by atoms with Gasteiger partial charge >= 0.3 is 5.69 Å². The number of rotatable bonds is 5. The first kappa shape index (κ1) is 16.0. The van der Waals surface area contributed by atoms with Crippen molar-refractivity contribution in [3.8, 4) is 0 Å². The average molecular weight is 318 g/mol. The Morgan fingerprint density at radius 1 is 1.13 bits per heavy atom. The van der Waals surface area contributed by atoms with Crippen LogP contribution in [0.5, 0.6) is 0 Å². The molecule has 0 fully saturated rings. The third kappa shape index (κ3) is 3.64. The van der Waals surface area contributed by atoms with Crippen molar-refractivity contribution in [1.29, 1.82) is 0 Å².